The molecule has 1 heterocycles. The molecule has 0 saturated heterocycles. The van der Waals surface area contributed by atoms with E-state index in [1.807, 2.05) is 22.6 Å². The molecule has 11 heteroatoms. The van der Waals surface area contributed by atoms with Gasteiger partial charge >= 0.3 is 0 Å². The molecule has 4 N–H and O–H groups in total. The fourth-order valence-electron chi connectivity index (χ4n) is 3.02. The minimum Gasteiger partial charge on any atom is -0.456 e. The SMILES string of the molecule is Cc1c(F)cccc1Oc1cc(=O)n(C)c(Nc2ccc(I)cc2F)c1C(=O)NC[C@H](O)CO. The van der Waals surface area contributed by atoms with Gasteiger partial charge in [-0.25, -0.2) is 8.78 Å². The lowest BCUT2D eigenvalue weighted by molar-refractivity contribution is 0.0800. The van der Waals surface area contributed by atoms with Crippen LogP contribution in [0.5, 0.6) is 11.5 Å². The molecular weight excluding hydrogens is 563 g/mol. The minimum atomic E-state index is -1.23. The van der Waals surface area contributed by atoms with Crippen LogP contribution < -0.4 is 20.9 Å². The first-order valence-electron chi connectivity index (χ1n) is 10.1. The Hall–Kier alpha value is -3.03. The average molecular weight is 585 g/mol. The Bertz CT molecular complexity index is 1280. The van der Waals surface area contributed by atoms with E-state index in [-0.39, 0.29) is 40.7 Å². The summed E-state index contributed by atoms with van der Waals surface area (Å²) < 4.78 is 36.1. The van der Waals surface area contributed by atoms with Gasteiger partial charge in [-0.05, 0) is 59.8 Å². The monoisotopic (exact) mass is 585 g/mol. The van der Waals surface area contributed by atoms with Crippen LogP contribution in [-0.2, 0) is 7.05 Å². The molecule has 0 bridgehead atoms. The highest BCUT2D eigenvalue weighted by Crippen LogP contribution is 2.33. The second kappa shape index (κ2) is 10.9. The lowest BCUT2D eigenvalue weighted by atomic mass is 10.1. The summed E-state index contributed by atoms with van der Waals surface area (Å²) in [7, 11) is 1.38. The lowest BCUT2D eigenvalue weighted by Crippen LogP contribution is -2.35. The molecule has 0 spiro atoms. The summed E-state index contributed by atoms with van der Waals surface area (Å²) in [5.74, 6) is -2.16. The Morgan fingerprint density at radius 2 is 1.91 bits per heavy atom. The van der Waals surface area contributed by atoms with Crippen molar-refractivity contribution in [3.05, 3.63) is 79.1 Å². The van der Waals surface area contributed by atoms with E-state index in [0.717, 1.165) is 10.6 Å². The first-order chi connectivity index (χ1) is 16.1. The van der Waals surface area contributed by atoms with Gasteiger partial charge in [-0.15, -0.1) is 0 Å². The molecule has 180 valence electrons. The van der Waals surface area contributed by atoms with E-state index in [9.17, 15) is 23.5 Å². The number of pyridine rings is 1. The molecule has 0 aliphatic rings. The van der Waals surface area contributed by atoms with Crippen molar-refractivity contribution in [3.63, 3.8) is 0 Å². The number of nitrogens with one attached hydrogen (secondary N) is 2. The molecule has 0 aliphatic heterocycles. The van der Waals surface area contributed by atoms with Gasteiger partial charge in [0.1, 0.15) is 34.5 Å². The molecule has 0 fully saturated rings. The number of rotatable bonds is 8. The molecule has 1 amide bonds. The third-order valence-corrected chi connectivity index (χ3v) is 5.63. The largest absolute Gasteiger partial charge is 0.456 e. The highest BCUT2D eigenvalue weighted by atomic mass is 127. The number of nitrogens with zero attached hydrogens (tertiary/aromatic N) is 1. The maximum absolute atomic E-state index is 14.6. The highest BCUT2D eigenvalue weighted by molar-refractivity contribution is 14.1. The zero-order chi connectivity index (χ0) is 25.0. The molecule has 2 aromatic carbocycles. The summed E-state index contributed by atoms with van der Waals surface area (Å²) in [6.07, 6.45) is -1.23. The quantitative estimate of drug-likeness (QED) is 0.303. The Balaban J connectivity index is 2.16. The first kappa shape index (κ1) is 25.6. The summed E-state index contributed by atoms with van der Waals surface area (Å²) in [4.78, 5) is 25.8. The van der Waals surface area contributed by atoms with E-state index < -0.39 is 35.8 Å². The molecule has 0 unspecified atom stereocenters. The van der Waals surface area contributed by atoms with Crippen LogP contribution in [0, 0.1) is 22.1 Å². The van der Waals surface area contributed by atoms with Gasteiger partial charge < -0.3 is 25.6 Å². The molecule has 3 aromatic rings. The second-order valence-corrected chi connectivity index (χ2v) is 8.64. The van der Waals surface area contributed by atoms with Crippen LogP contribution in [0.3, 0.4) is 0 Å². The molecule has 0 aliphatic carbocycles. The number of amides is 1. The third kappa shape index (κ3) is 5.72. The van der Waals surface area contributed by atoms with Gasteiger partial charge in [0.15, 0.2) is 0 Å². The molecule has 0 radical (unpaired) electrons. The van der Waals surface area contributed by atoms with Crippen LogP contribution in [0.4, 0.5) is 20.3 Å². The average Bonchev–Trinajstić information content (AvgIpc) is 2.80. The zero-order valence-corrected chi connectivity index (χ0v) is 20.4. The summed E-state index contributed by atoms with van der Waals surface area (Å²) in [5, 5.41) is 23.9. The Kier molecular flexibility index (Phi) is 8.23. The molecule has 8 nitrogen and oxygen atoms in total. The molecular formula is C23H22F2IN3O5. The summed E-state index contributed by atoms with van der Waals surface area (Å²) in [6.45, 7) is 0.593. The van der Waals surface area contributed by atoms with E-state index in [0.29, 0.717) is 3.57 Å². The lowest BCUT2D eigenvalue weighted by Gasteiger charge is -2.20. The van der Waals surface area contributed by atoms with Gasteiger partial charge in [-0.1, -0.05) is 6.07 Å². The van der Waals surface area contributed by atoms with E-state index >= 15 is 0 Å². The van der Waals surface area contributed by atoms with Crippen LogP contribution in [0.25, 0.3) is 0 Å². The molecule has 0 saturated carbocycles. The van der Waals surface area contributed by atoms with Crippen molar-refractivity contribution < 1.29 is 28.5 Å². The van der Waals surface area contributed by atoms with Crippen molar-refractivity contribution >= 4 is 40.0 Å². The predicted molar refractivity (Wildman–Crippen MR) is 131 cm³/mol. The fourth-order valence-corrected chi connectivity index (χ4v) is 3.47. The van der Waals surface area contributed by atoms with E-state index in [1.54, 1.807) is 6.07 Å². The Morgan fingerprint density at radius 1 is 1.18 bits per heavy atom. The van der Waals surface area contributed by atoms with Gasteiger partial charge in [0.25, 0.3) is 11.5 Å². The van der Waals surface area contributed by atoms with E-state index in [4.69, 9.17) is 9.84 Å². The number of aliphatic hydroxyl groups is 2. The van der Waals surface area contributed by atoms with Crippen LogP contribution in [0.15, 0.2) is 47.3 Å². The van der Waals surface area contributed by atoms with Gasteiger partial charge in [0, 0.05) is 28.8 Å². The summed E-state index contributed by atoms with van der Waals surface area (Å²) in [6, 6.07) is 9.53. The summed E-state index contributed by atoms with van der Waals surface area (Å²) >= 11 is 1.94. The van der Waals surface area contributed by atoms with Crippen LogP contribution in [-0.4, -0.2) is 39.9 Å². The number of halogens is 3. The normalized spacial score (nSPS) is 11.7. The van der Waals surface area contributed by atoms with Crippen molar-refractivity contribution in [3.8, 4) is 11.5 Å². The number of carbonyl (C=O) groups is 1. The van der Waals surface area contributed by atoms with Crippen molar-refractivity contribution in [1.82, 2.24) is 9.88 Å². The maximum atomic E-state index is 14.6. The number of anilines is 2. The van der Waals surface area contributed by atoms with Crippen molar-refractivity contribution in [2.24, 2.45) is 7.05 Å². The molecule has 1 aromatic heterocycles. The van der Waals surface area contributed by atoms with E-state index in [1.165, 1.54) is 44.3 Å². The zero-order valence-electron chi connectivity index (χ0n) is 18.2. The van der Waals surface area contributed by atoms with Gasteiger partial charge in [0.05, 0.1) is 18.4 Å². The highest BCUT2D eigenvalue weighted by Gasteiger charge is 2.24. The number of benzene rings is 2. The van der Waals surface area contributed by atoms with Gasteiger partial charge in [0.2, 0.25) is 0 Å². The number of hydrogen-bond acceptors (Lipinski definition) is 6. The fraction of sp³-hybridized carbons (Fsp3) is 0.217. The topological polar surface area (TPSA) is 113 Å². The minimum absolute atomic E-state index is 0.000977. The number of ether oxygens (including phenoxy) is 1. The van der Waals surface area contributed by atoms with Crippen LogP contribution in [0.1, 0.15) is 15.9 Å². The first-order valence-corrected chi connectivity index (χ1v) is 11.2. The van der Waals surface area contributed by atoms with Gasteiger partial charge in [-0.3, -0.25) is 14.2 Å². The maximum Gasteiger partial charge on any atom is 0.258 e. The number of carbonyl (C=O) groups excluding carboxylic acids is 1. The van der Waals surface area contributed by atoms with E-state index in [2.05, 4.69) is 10.6 Å². The van der Waals surface area contributed by atoms with Crippen molar-refractivity contribution in [1.29, 1.82) is 0 Å². The number of hydrogen-bond donors (Lipinski definition) is 4. The standard InChI is InChI=1S/C23H22F2IN3O5/c1-12-15(24)4-3-5-18(12)34-19-9-20(32)29(2)22(21(19)23(33)27-10-14(31)11-30)28-17-7-6-13(26)8-16(17)25/h3-9,14,28,30-31H,10-11H2,1-2H3,(H,27,33)/t14-/m0/s1. The van der Waals surface area contributed by atoms with Crippen LogP contribution >= 0.6 is 22.6 Å². The van der Waals surface area contributed by atoms with Crippen LogP contribution in [0.2, 0.25) is 0 Å². The molecule has 1 atom stereocenters. The third-order valence-electron chi connectivity index (χ3n) is 4.96. The summed E-state index contributed by atoms with van der Waals surface area (Å²) in [5.41, 5.74) is -0.611. The second-order valence-electron chi connectivity index (χ2n) is 7.39. The Morgan fingerprint density at radius 3 is 2.59 bits per heavy atom. The number of aliphatic hydroxyl groups excluding tert-OH is 2. The Labute approximate surface area is 207 Å². The van der Waals surface area contributed by atoms with Crippen molar-refractivity contribution in [2.45, 2.75) is 13.0 Å². The smallest absolute Gasteiger partial charge is 0.258 e. The molecule has 3 rings (SSSR count). The van der Waals surface area contributed by atoms with Gasteiger partial charge in [-0.2, -0.15) is 0 Å². The number of aromatic nitrogens is 1. The van der Waals surface area contributed by atoms with Crippen molar-refractivity contribution in [2.75, 3.05) is 18.5 Å². The molecule has 34 heavy (non-hydrogen) atoms. The predicted octanol–water partition coefficient (Wildman–Crippen LogP) is 3.20.